The van der Waals surface area contributed by atoms with E-state index in [9.17, 15) is 34.2 Å². The Bertz CT molecular complexity index is 1610. The zero-order chi connectivity index (χ0) is 29.6. The van der Waals surface area contributed by atoms with Crippen LogP contribution in [-0.4, -0.2) is 59.9 Å². The first-order valence-electron chi connectivity index (χ1n) is 12.6. The van der Waals surface area contributed by atoms with Crippen LogP contribution in [0.3, 0.4) is 0 Å². The molecule has 6 unspecified atom stereocenters. The highest BCUT2D eigenvalue weighted by Crippen LogP contribution is 2.66. The Hall–Kier alpha value is -2.92. The van der Waals surface area contributed by atoms with Gasteiger partial charge in [0, 0.05) is 16.5 Å². The van der Waals surface area contributed by atoms with Crippen LogP contribution in [0.5, 0.6) is 5.75 Å². The number of aromatic carboxylic acids is 1. The van der Waals surface area contributed by atoms with Gasteiger partial charge in [0.25, 0.3) is 11.8 Å². The van der Waals surface area contributed by atoms with E-state index >= 15 is 0 Å². The highest BCUT2D eigenvalue weighted by molar-refractivity contribution is 9.09. The number of carbonyl (C=O) groups is 5. The number of likely N-dealkylation sites (tertiary alicyclic amines) is 1. The van der Waals surface area contributed by atoms with Gasteiger partial charge in [0.2, 0.25) is 11.8 Å². The molecule has 0 bridgehead atoms. The van der Waals surface area contributed by atoms with Gasteiger partial charge in [-0.2, -0.15) is 0 Å². The monoisotopic (exact) mass is 680 g/mol. The topological polar surface area (TPSA) is 132 Å². The lowest BCUT2D eigenvalue weighted by Crippen LogP contribution is -2.60. The summed E-state index contributed by atoms with van der Waals surface area (Å²) in [5, 5.41) is 20.6. The highest BCUT2D eigenvalue weighted by atomic mass is 79.9. The molecule has 0 spiro atoms. The molecule has 2 saturated heterocycles. The summed E-state index contributed by atoms with van der Waals surface area (Å²) >= 11 is 23.7. The van der Waals surface area contributed by atoms with E-state index in [0.717, 1.165) is 9.80 Å². The third-order valence-electron chi connectivity index (χ3n) is 8.67. The second kappa shape index (κ2) is 9.55. The van der Waals surface area contributed by atoms with Gasteiger partial charge in [-0.1, -0.05) is 45.2 Å². The molecule has 0 radical (unpaired) electrons. The SMILES string of the molecule is O=C(O)c1cccc(N2C(=O)C3CC=C4C(CC5(Cl)C(=O)N(CBr)C(=O)C5(Cl)C4c4cc(Cl)ccc4O)C3C2=O)c1. The molecule has 4 aliphatic rings. The molecule has 2 aromatic carbocycles. The van der Waals surface area contributed by atoms with Gasteiger partial charge in [0.15, 0.2) is 9.75 Å². The Labute approximate surface area is 256 Å². The van der Waals surface area contributed by atoms with Crippen LogP contribution in [0.15, 0.2) is 54.1 Å². The molecule has 41 heavy (non-hydrogen) atoms. The van der Waals surface area contributed by atoms with Gasteiger partial charge in [0.05, 0.1) is 28.5 Å². The standard InChI is InChI=1S/C28H20BrCl3N2O7/c29-11-33-25(40)27(31)10-18-15(21(28(27,32)26(33)41)17-9-13(30)4-7-19(17)35)5-6-16-20(18)23(37)34(22(16)36)14-3-1-2-12(8-14)24(38)39/h1-5,7-9,16,18,20-21,35H,6,10-11H2,(H,38,39). The minimum atomic E-state index is -2.07. The van der Waals surface area contributed by atoms with Gasteiger partial charge < -0.3 is 10.2 Å². The molecule has 2 aliphatic carbocycles. The van der Waals surface area contributed by atoms with Crippen LogP contribution >= 0.6 is 50.7 Å². The number of hydrogen-bond acceptors (Lipinski definition) is 6. The van der Waals surface area contributed by atoms with Crippen molar-refractivity contribution in [2.75, 3.05) is 10.4 Å². The van der Waals surface area contributed by atoms with E-state index in [0.29, 0.717) is 5.57 Å². The van der Waals surface area contributed by atoms with Crippen LogP contribution in [-0.2, 0) is 19.2 Å². The summed E-state index contributed by atoms with van der Waals surface area (Å²) in [5.41, 5.74) is 0.494. The van der Waals surface area contributed by atoms with E-state index in [1.54, 1.807) is 6.08 Å². The summed E-state index contributed by atoms with van der Waals surface area (Å²) in [6.07, 6.45) is 1.62. The van der Waals surface area contributed by atoms with Crippen LogP contribution in [0.2, 0.25) is 5.02 Å². The number of imide groups is 2. The lowest BCUT2D eigenvalue weighted by Gasteiger charge is -2.50. The summed E-state index contributed by atoms with van der Waals surface area (Å²) in [6, 6.07) is 9.75. The molecule has 9 nitrogen and oxygen atoms in total. The number of benzene rings is 2. The average Bonchev–Trinajstić information content (AvgIpc) is 3.28. The summed E-state index contributed by atoms with van der Waals surface area (Å²) in [6.45, 7) is 0. The zero-order valence-electron chi connectivity index (χ0n) is 20.9. The summed E-state index contributed by atoms with van der Waals surface area (Å²) in [4.78, 5) is 64.4. The molecule has 3 fully saturated rings. The number of rotatable bonds is 4. The molecule has 6 rings (SSSR count). The first-order chi connectivity index (χ1) is 19.4. The Morgan fingerprint density at radius 3 is 2.44 bits per heavy atom. The quantitative estimate of drug-likeness (QED) is 0.208. The van der Waals surface area contributed by atoms with E-state index in [1.165, 1.54) is 42.5 Å². The fourth-order valence-corrected chi connectivity index (χ4v) is 8.49. The maximum absolute atomic E-state index is 14.0. The third kappa shape index (κ3) is 3.70. The second-order valence-electron chi connectivity index (χ2n) is 10.6. The van der Waals surface area contributed by atoms with Crippen LogP contribution in [0, 0.1) is 17.8 Å². The first-order valence-corrected chi connectivity index (χ1v) is 14.8. The Balaban J connectivity index is 1.52. The number of anilines is 1. The van der Waals surface area contributed by atoms with Crippen molar-refractivity contribution in [2.24, 2.45) is 17.8 Å². The molecule has 0 aromatic heterocycles. The number of phenols is 1. The lowest BCUT2D eigenvalue weighted by molar-refractivity contribution is -0.138. The van der Waals surface area contributed by atoms with E-state index in [1.807, 2.05) is 0 Å². The number of allylic oxidation sites excluding steroid dienone is 2. The van der Waals surface area contributed by atoms with E-state index in [2.05, 4.69) is 15.9 Å². The fraction of sp³-hybridized carbons (Fsp3) is 0.321. The number of carbonyl (C=O) groups excluding carboxylic acids is 4. The number of nitrogens with zero attached hydrogens (tertiary/aromatic N) is 2. The minimum absolute atomic E-state index is 0.0949. The lowest BCUT2D eigenvalue weighted by atomic mass is 9.56. The predicted molar refractivity (Wildman–Crippen MR) is 152 cm³/mol. The first kappa shape index (κ1) is 28.2. The van der Waals surface area contributed by atoms with Gasteiger partial charge in [-0.3, -0.25) is 29.0 Å². The summed E-state index contributed by atoms with van der Waals surface area (Å²) in [7, 11) is 0. The Kier molecular flexibility index (Phi) is 6.57. The molecule has 2 aliphatic heterocycles. The van der Waals surface area contributed by atoms with Crippen molar-refractivity contribution >= 4 is 86.0 Å². The van der Waals surface area contributed by atoms with Gasteiger partial charge in [-0.25, -0.2) is 4.79 Å². The number of aromatic hydroxyl groups is 1. The normalized spacial score (nSPS) is 32.5. The second-order valence-corrected chi connectivity index (χ2v) is 12.7. The third-order valence-corrected chi connectivity index (χ3v) is 10.8. The van der Waals surface area contributed by atoms with Gasteiger partial charge in [0.1, 0.15) is 5.75 Å². The highest BCUT2D eigenvalue weighted by Gasteiger charge is 2.76. The molecule has 212 valence electrons. The molecular weight excluding hydrogens is 663 g/mol. The molecular formula is C28H20BrCl3N2O7. The number of amides is 4. The fourth-order valence-electron chi connectivity index (χ4n) is 6.89. The van der Waals surface area contributed by atoms with Crippen molar-refractivity contribution in [1.82, 2.24) is 4.90 Å². The maximum atomic E-state index is 14.0. The minimum Gasteiger partial charge on any atom is -0.508 e. The maximum Gasteiger partial charge on any atom is 0.335 e. The molecule has 2 N–H and O–H groups in total. The van der Waals surface area contributed by atoms with Crippen LogP contribution in [0.25, 0.3) is 0 Å². The van der Waals surface area contributed by atoms with Gasteiger partial charge >= 0.3 is 5.97 Å². The molecule has 4 amide bonds. The van der Waals surface area contributed by atoms with Crippen molar-refractivity contribution in [3.8, 4) is 5.75 Å². The van der Waals surface area contributed by atoms with Crippen molar-refractivity contribution in [2.45, 2.75) is 28.5 Å². The molecule has 2 aromatic rings. The number of fused-ring (bicyclic) bond motifs is 4. The molecule has 2 heterocycles. The molecule has 13 heteroatoms. The van der Waals surface area contributed by atoms with Crippen LogP contribution in [0.4, 0.5) is 5.69 Å². The Morgan fingerprint density at radius 1 is 1.02 bits per heavy atom. The van der Waals surface area contributed by atoms with Crippen molar-refractivity contribution in [3.63, 3.8) is 0 Å². The van der Waals surface area contributed by atoms with Crippen molar-refractivity contribution in [1.29, 1.82) is 0 Å². The predicted octanol–water partition coefficient (Wildman–Crippen LogP) is 4.66. The van der Waals surface area contributed by atoms with E-state index in [-0.39, 0.29) is 45.9 Å². The van der Waals surface area contributed by atoms with Crippen molar-refractivity contribution < 1.29 is 34.2 Å². The van der Waals surface area contributed by atoms with Gasteiger partial charge in [-0.05, 0) is 55.2 Å². The Morgan fingerprint density at radius 2 is 1.76 bits per heavy atom. The largest absolute Gasteiger partial charge is 0.508 e. The smallest absolute Gasteiger partial charge is 0.335 e. The average molecular weight is 683 g/mol. The number of phenolic OH excluding ortho intramolecular Hbond substituents is 1. The number of halogens is 4. The summed E-state index contributed by atoms with van der Waals surface area (Å²) < 4.78 is 0. The van der Waals surface area contributed by atoms with Crippen LogP contribution in [0.1, 0.15) is 34.7 Å². The number of carboxylic acid groups (broad SMARTS) is 1. The number of hydrogen-bond donors (Lipinski definition) is 2. The zero-order valence-corrected chi connectivity index (χ0v) is 24.7. The number of alkyl halides is 3. The number of carboxylic acids is 1. The van der Waals surface area contributed by atoms with E-state index in [4.69, 9.17) is 34.8 Å². The van der Waals surface area contributed by atoms with Crippen LogP contribution < -0.4 is 4.90 Å². The molecule has 6 atom stereocenters. The van der Waals surface area contributed by atoms with E-state index < -0.39 is 63.0 Å². The molecule has 1 saturated carbocycles. The van der Waals surface area contributed by atoms with Crippen molar-refractivity contribution in [3.05, 3.63) is 70.3 Å². The summed E-state index contributed by atoms with van der Waals surface area (Å²) in [5.74, 6) is -7.82. The van der Waals surface area contributed by atoms with Gasteiger partial charge in [-0.15, -0.1) is 23.2 Å².